The van der Waals surface area contributed by atoms with E-state index in [4.69, 9.17) is 14.6 Å². The monoisotopic (exact) mass is 545 g/mol. The van der Waals surface area contributed by atoms with E-state index in [9.17, 15) is 19.2 Å². The smallest absolute Gasteiger partial charge is 0.303 e. The number of nitrogens with one attached hydrogen (secondary N) is 5. The number of Topliss-reactive ketones (excluding diaryl/α,β-unsaturated/α-hetero) is 1. The highest BCUT2D eigenvalue weighted by molar-refractivity contribution is 5.87. The molecular weight excluding hydrogens is 494 g/mol. The van der Waals surface area contributed by atoms with Crippen LogP contribution in [-0.4, -0.2) is 106 Å². The quantitative estimate of drug-likeness (QED) is 0.0872. The number of amides is 2. The maximum atomic E-state index is 12.2. The summed E-state index contributed by atoms with van der Waals surface area (Å²) in [5.74, 6) is -1.61. The molecule has 0 aliphatic rings. The molecule has 0 saturated carbocycles. The van der Waals surface area contributed by atoms with E-state index in [2.05, 4.69) is 33.5 Å². The van der Waals surface area contributed by atoms with Crippen molar-refractivity contribution in [3.05, 3.63) is 0 Å². The summed E-state index contributed by atoms with van der Waals surface area (Å²) in [6.45, 7) is 11.1. The van der Waals surface area contributed by atoms with Crippen LogP contribution >= 0.6 is 0 Å². The van der Waals surface area contributed by atoms with E-state index in [1.807, 2.05) is 13.8 Å². The van der Waals surface area contributed by atoms with E-state index >= 15 is 0 Å². The van der Waals surface area contributed by atoms with Crippen molar-refractivity contribution in [2.75, 3.05) is 53.1 Å². The predicted octanol–water partition coefficient (Wildman–Crippen LogP) is 0.199. The average Bonchev–Trinajstić information content (AvgIpc) is 2.88. The molecule has 6 N–H and O–H groups in total. The van der Waals surface area contributed by atoms with Crippen molar-refractivity contribution < 1.29 is 33.8 Å². The molecular formula is C26H51N5O7. The Bertz CT molecular complexity index is 680. The number of ether oxygens (including phenoxy) is 2. The van der Waals surface area contributed by atoms with E-state index in [0.717, 1.165) is 32.4 Å². The Labute approximate surface area is 227 Å². The second-order valence-electron chi connectivity index (χ2n) is 9.44. The van der Waals surface area contributed by atoms with E-state index in [1.165, 1.54) is 14.0 Å². The number of carbonyl (C=O) groups is 4. The lowest BCUT2D eigenvalue weighted by Gasteiger charge is -2.27. The van der Waals surface area contributed by atoms with Gasteiger partial charge in [0.1, 0.15) is 18.4 Å². The molecule has 0 bridgehead atoms. The first-order valence-electron chi connectivity index (χ1n) is 13.7. The molecule has 2 amide bonds. The van der Waals surface area contributed by atoms with E-state index in [0.29, 0.717) is 32.8 Å². The third kappa shape index (κ3) is 19.0. The standard InChI is InChI=1S/C26H51N5O7/c1-6-12-28-14-15-37-16-17-38-18-24(33)31-23(26(36)27-5)9-7-8-13-29-19(2)20(3)30-22(21(4)32)10-11-25(34)35/h19-20,22-23,28-30H,6-18H2,1-5H3,(H,27,36)(H,31,33)(H,34,35)/t19?,20?,22-,23?/m0/s1. The SMILES string of the molecule is CCCNCCOCCOCC(=O)NC(CCCCNC(C)C(C)N[C@@H](CCC(=O)O)C(C)=O)C(=O)NC. The number of carbonyl (C=O) groups excluding carboxylic acids is 3. The van der Waals surface area contributed by atoms with Gasteiger partial charge in [-0.25, -0.2) is 0 Å². The third-order valence-electron chi connectivity index (χ3n) is 6.09. The number of hydrogen-bond donors (Lipinski definition) is 6. The molecule has 0 heterocycles. The van der Waals surface area contributed by atoms with Crippen LogP contribution in [0.25, 0.3) is 0 Å². The summed E-state index contributed by atoms with van der Waals surface area (Å²) in [6.07, 6.45) is 3.26. The second kappa shape index (κ2) is 22.8. The Hall–Kier alpha value is -2.12. The van der Waals surface area contributed by atoms with E-state index in [-0.39, 0.29) is 49.1 Å². The highest BCUT2D eigenvalue weighted by atomic mass is 16.5. The first-order chi connectivity index (χ1) is 18.1. The number of hydrogen-bond acceptors (Lipinski definition) is 9. The largest absolute Gasteiger partial charge is 0.481 e. The highest BCUT2D eigenvalue weighted by Crippen LogP contribution is 2.05. The number of carboxylic acid groups (broad SMARTS) is 1. The zero-order chi connectivity index (χ0) is 28.8. The number of ketones is 1. The van der Waals surface area contributed by atoms with Gasteiger partial charge < -0.3 is 41.2 Å². The minimum absolute atomic E-state index is 0.0428. The van der Waals surface area contributed by atoms with Crippen LogP contribution in [0.1, 0.15) is 66.2 Å². The Morgan fingerprint density at radius 3 is 2.21 bits per heavy atom. The predicted molar refractivity (Wildman–Crippen MR) is 146 cm³/mol. The molecule has 0 aromatic rings. The van der Waals surface area contributed by atoms with Gasteiger partial charge in [0.15, 0.2) is 0 Å². The zero-order valence-electron chi connectivity index (χ0n) is 23.9. The minimum atomic E-state index is -0.924. The van der Waals surface area contributed by atoms with Crippen molar-refractivity contribution in [2.45, 2.75) is 90.4 Å². The molecule has 0 aromatic carbocycles. The van der Waals surface area contributed by atoms with Gasteiger partial charge in [-0.3, -0.25) is 19.2 Å². The number of aliphatic carboxylic acids is 1. The molecule has 222 valence electrons. The molecule has 38 heavy (non-hydrogen) atoms. The van der Waals surface area contributed by atoms with Crippen LogP contribution in [0.4, 0.5) is 0 Å². The zero-order valence-corrected chi connectivity index (χ0v) is 23.9. The normalized spacial score (nSPS) is 14.3. The Morgan fingerprint density at radius 2 is 1.58 bits per heavy atom. The van der Waals surface area contributed by atoms with Crippen molar-refractivity contribution in [2.24, 2.45) is 0 Å². The van der Waals surface area contributed by atoms with Crippen molar-refractivity contribution in [1.82, 2.24) is 26.6 Å². The topological polar surface area (TPSA) is 167 Å². The fraction of sp³-hybridized carbons (Fsp3) is 0.846. The second-order valence-corrected chi connectivity index (χ2v) is 9.44. The summed E-state index contributed by atoms with van der Waals surface area (Å²) in [4.78, 5) is 47.1. The number of rotatable bonds is 25. The van der Waals surface area contributed by atoms with Crippen LogP contribution in [-0.2, 0) is 28.7 Å². The summed E-state index contributed by atoms with van der Waals surface area (Å²) < 4.78 is 10.8. The van der Waals surface area contributed by atoms with Gasteiger partial charge in [0.05, 0.1) is 25.9 Å². The molecule has 0 saturated heterocycles. The van der Waals surface area contributed by atoms with Gasteiger partial charge in [0.2, 0.25) is 11.8 Å². The molecule has 0 aromatic heterocycles. The van der Waals surface area contributed by atoms with Gasteiger partial charge >= 0.3 is 5.97 Å². The molecule has 0 aliphatic heterocycles. The fourth-order valence-electron chi connectivity index (χ4n) is 3.62. The maximum Gasteiger partial charge on any atom is 0.303 e. The van der Waals surface area contributed by atoms with Crippen molar-refractivity contribution >= 4 is 23.6 Å². The molecule has 12 heteroatoms. The van der Waals surface area contributed by atoms with Crippen molar-refractivity contribution in [3.8, 4) is 0 Å². The molecule has 0 fully saturated rings. The van der Waals surface area contributed by atoms with Crippen molar-refractivity contribution in [3.63, 3.8) is 0 Å². The molecule has 12 nitrogen and oxygen atoms in total. The van der Waals surface area contributed by atoms with Gasteiger partial charge in [0.25, 0.3) is 0 Å². The molecule has 3 unspecified atom stereocenters. The molecule has 4 atom stereocenters. The number of likely N-dealkylation sites (N-methyl/N-ethyl adjacent to an activating group) is 1. The summed E-state index contributed by atoms with van der Waals surface area (Å²) in [6, 6.07) is -1.13. The van der Waals surface area contributed by atoms with Crippen LogP contribution in [0.5, 0.6) is 0 Å². The molecule has 0 spiro atoms. The van der Waals surface area contributed by atoms with Crippen LogP contribution < -0.4 is 26.6 Å². The van der Waals surface area contributed by atoms with Gasteiger partial charge in [-0.1, -0.05) is 6.92 Å². The van der Waals surface area contributed by atoms with E-state index in [1.54, 1.807) is 0 Å². The van der Waals surface area contributed by atoms with Gasteiger partial charge in [-0.2, -0.15) is 0 Å². The molecule has 0 rings (SSSR count). The minimum Gasteiger partial charge on any atom is -0.481 e. The summed E-state index contributed by atoms with van der Waals surface area (Å²) in [5, 5.41) is 24.0. The molecule has 0 aliphatic carbocycles. The van der Waals surface area contributed by atoms with Crippen LogP contribution in [0.15, 0.2) is 0 Å². The lowest BCUT2D eigenvalue weighted by atomic mass is 10.0. The van der Waals surface area contributed by atoms with Gasteiger partial charge in [-0.15, -0.1) is 0 Å². The van der Waals surface area contributed by atoms with Crippen LogP contribution in [0.2, 0.25) is 0 Å². The Kier molecular flexibility index (Phi) is 21.6. The average molecular weight is 546 g/mol. The summed E-state index contributed by atoms with van der Waals surface area (Å²) in [5.41, 5.74) is 0. The maximum absolute atomic E-state index is 12.2. The third-order valence-corrected chi connectivity index (χ3v) is 6.09. The molecule has 0 radical (unpaired) electrons. The van der Waals surface area contributed by atoms with Crippen LogP contribution in [0.3, 0.4) is 0 Å². The fourth-order valence-corrected chi connectivity index (χ4v) is 3.62. The Morgan fingerprint density at radius 1 is 0.868 bits per heavy atom. The van der Waals surface area contributed by atoms with Crippen molar-refractivity contribution in [1.29, 1.82) is 0 Å². The van der Waals surface area contributed by atoms with Crippen LogP contribution in [0, 0.1) is 0 Å². The highest BCUT2D eigenvalue weighted by Gasteiger charge is 2.22. The summed E-state index contributed by atoms with van der Waals surface area (Å²) >= 11 is 0. The number of unbranched alkanes of at least 4 members (excludes halogenated alkanes) is 1. The number of carboxylic acids is 1. The lowest BCUT2D eigenvalue weighted by Crippen LogP contribution is -2.50. The van der Waals surface area contributed by atoms with E-state index < -0.39 is 18.1 Å². The van der Waals surface area contributed by atoms with Gasteiger partial charge in [-0.05, 0) is 66.0 Å². The first kappa shape index (κ1) is 35.9. The lowest BCUT2D eigenvalue weighted by molar-refractivity contribution is -0.137. The Balaban J connectivity index is 4.22. The summed E-state index contributed by atoms with van der Waals surface area (Å²) in [7, 11) is 1.53. The first-order valence-corrected chi connectivity index (χ1v) is 13.7. The van der Waals surface area contributed by atoms with Gasteiger partial charge in [0, 0.05) is 32.1 Å².